The molecule has 3 aromatic carbocycles. The number of likely N-dealkylation sites (N-methyl/N-ethyl adjacent to an activating group) is 1. The summed E-state index contributed by atoms with van der Waals surface area (Å²) in [5.41, 5.74) is 2.89. The Hall–Kier alpha value is -3.64. The minimum atomic E-state index is -0.256. The Labute approximate surface area is 185 Å². The van der Waals surface area contributed by atoms with Crippen LogP contribution in [0.15, 0.2) is 78.9 Å². The highest BCUT2D eigenvalue weighted by molar-refractivity contribution is 6.30. The molecule has 2 amide bonds. The topological polar surface area (TPSA) is 67.2 Å². The van der Waals surface area contributed by atoms with E-state index in [1.54, 1.807) is 36.2 Å². The van der Waals surface area contributed by atoms with Crippen LogP contribution in [-0.4, -0.2) is 28.4 Å². The Balaban J connectivity index is 1.57. The summed E-state index contributed by atoms with van der Waals surface area (Å²) in [5, 5.41) is 3.37. The highest BCUT2D eigenvalue weighted by Crippen LogP contribution is 2.18. The third kappa shape index (κ3) is 4.59. The van der Waals surface area contributed by atoms with Crippen molar-refractivity contribution in [1.29, 1.82) is 0 Å². The van der Waals surface area contributed by atoms with Gasteiger partial charge in [-0.3, -0.25) is 9.59 Å². The molecule has 0 fully saturated rings. The van der Waals surface area contributed by atoms with Gasteiger partial charge < -0.3 is 14.8 Å². The molecule has 4 rings (SSSR count). The van der Waals surface area contributed by atoms with Gasteiger partial charge in [-0.1, -0.05) is 48.0 Å². The predicted molar refractivity (Wildman–Crippen MR) is 122 cm³/mol. The molecule has 156 valence electrons. The van der Waals surface area contributed by atoms with Gasteiger partial charge >= 0.3 is 0 Å². The van der Waals surface area contributed by atoms with Gasteiger partial charge in [-0.2, -0.15) is 0 Å². The summed E-state index contributed by atoms with van der Waals surface area (Å²) in [4.78, 5) is 31.8. The Morgan fingerprint density at radius 1 is 1.00 bits per heavy atom. The maximum absolute atomic E-state index is 13.0. The summed E-state index contributed by atoms with van der Waals surface area (Å²) >= 11 is 5.98. The molecule has 0 radical (unpaired) electrons. The third-order valence-electron chi connectivity index (χ3n) is 5.04. The Kier molecular flexibility index (Phi) is 6.00. The van der Waals surface area contributed by atoms with Crippen LogP contribution in [0, 0.1) is 0 Å². The molecule has 1 aromatic heterocycles. The molecule has 31 heavy (non-hydrogen) atoms. The SMILES string of the molecule is CN(C(=O)Cn1c(CNC(=O)c2cccc(Cl)c2)nc2ccccc21)c1ccccc1. The number of benzene rings is 3. The van der Waals surface area contributed by atoms with Crippen molar-refractivity contribution >= 4 is 40.1 Å². The molecule has 0 aliphatic carbocycles. The summed E-state index contributed by atoms with van der Waals surface area (Å²) in [5.74, 6) is 0.261. The van der Waals surface area contributed by atoms with E-state index in [0.717, 1.165) is 16.7 Å². The van der Waals surface area contributed by atoms with Crippen molar-refractivity contribution in [2.24, 2.45) is 0 Å². The van der Waals surface area contributed by atoms with E-state index >= 15 is 0 Å². The smallest absolute Gasteiger partial charge is 0.251 e. The van der Waals surface area contributed by atoms with Crippen molar-refractivity contribution in [3.63, 3.8) is 0 Å². The molecule has 0 saturated heterocycles. The van der Waals surface area contributed by atoms with E-state index in [0.29, 0.717) is 16.4 Å². The summed E-state index contributed by atoms with van der Waals surface area (Å²) in [6.07, 6.45) is 0. The molecule has 6 nitrogen and oxygen atoms in total. The normalized spacial score (nSPS) is 10.8. The maximum Gasteiger partial charge on any atom is 0.251 e. The molecule has 1 N–H and O–H groups in total. The predicted octanol–water partition coefficient (Wildman–Crippen LogP) is 4.28. The molecule has 1 heterocycles. The highest BCUT2D eigenvalue weighted by atomic mass is 35.5. The number of halogens is 1. The van der Waals surface area contributed by atoms with Gasteiger partial charge in [0.2, 0.25) is 5.91 Å². The highest BCUT2D eigenvalue weighted by Gasteiger charge is 2.18. The fourth-order valence-corrected chi connectivity index (χ4v) is 3.56. The molecule has 0 aliphatic heterocycles. The average Bonchev–Trinajstić information content (AvgIpc) is 3.14. The number of aromatic nitrogens is 2. The van der Waals surface area contributed by atoms with Crippen LogP contribution in [0.2, 0.25) is 5.02 Å². The Morgan fingerprint density at radius 2 is 1.74 bits per heavy atom. The molecule has 0 unspecified atom stereocenters. The van der Waals surface area contributed by atoms with E-state index in [1.807, 2.05) is 59.2 Å². The number of fused-ring (bicyclic) bond motifs is 1. The molecule has 4 aromatic rings. The first kappa shape index (κ1) is 20.6. The first-order chi connectivity index (χ1) is 15.0. The minimum Gasteiger partial charge on any atom is -0.345 e. The quantitative estimate of drug-likeness (QED) is 0.494. The second kappa shape index (κ2) is 9.02. The van der Waals surface area contributed by atoms with Crippen LogP contribution < -0.4 is 10.2 Å². The molecule has 0 saturated carbocycles. The lowest BCUT2D eigenvalue weighted by atomic mass is 10.2. The monoisotopic (exact) mass is 432 g/mol. The van der Waals surface area contributed by atoms with E-state index in [2.05, 4.69) is 10.3 Å². The number of anilines is 1. The van der Waals surface area contributed by atoms with Gasteiger partial charge in [0.25, 0.3) is 5.91 Å². The van der Waals surface area contributed by atoms with Crippen LogP contribution in [-0.2, 0) is 17.9 Å². The van der Waals surface area contributed by atoms with E-state index < -0.39 is 0 Å². The fourth-order valence-electron chi connectivity index (χ4n) is 3.36. The van der Waals surface area contributed by atoms with E-state index in [1.165, 1.54) is 0 Å². The van der Waals surface area contributed by atoms with E-state index in [9.17, 15) is 9.59 Å². The zero-order valence-electron chi connectivity index (χ0n) is 17.0. The number of nitrogens with zero attached hydrogens (tertiary/aromatic N) is 3. The second-order valence-corrected chi connectivity index (χ2v) is 7.52. The van der Waals surface area contributed by atoms with Crippen LogP contribution in [0.1, 0.15) is 16.2 Å². The largest absolute Gasteiger partial charge is 0.345 e. The zero-order valence-corrected chi connectivity index (χ0v) is 17.7. The fraction of sp³-hybridized carbons (Fsp3) is 0.125. The van der Waals surface area contributed by atoms with Gasteiger partial charge in [-0.15, -0.1) is 0 Å². The van der Waals surface area contributed by atoms with Gasteiger partial charge in [0, 0.05) is 23.3 Å². The first-order valence-electron chi connectivity index (χ1n) is 9.82. The van der Waals surface area contributed by atoms with E-state index in [-0.39, 0.29) is 24.9 Å². The second-order valence-electron chi connectivity index (χ2n) is 7.08. The zero-order chi connectivity index (χ0) is 21.8. The Morgan fingerprint density at radius 3 is 2.52 bits per heavy atom. The van der Waals surface area contributed by atoms with Crippen molar-refractivity contribution in [2.75, 3.05) is 11.9 Å². The maximum atomic E-state index is 13.0. The van der Waals surface area contributed by atoms with Crippen LogP contribution in [0.4, 0.5) is 5.69 Å². The van der Waals surface area contributed by atoms with Crippen molar-refractivity contribution in [3.8, 4) is 0 Å². The van der Waals surface area contributed by atoms with Gasteiger partial charge in [0.05, 0.1) is 17.6 Å². The number of imidazole rings is 1. The van der Waals surface area contributed by atoms with Crippen molar-refractivity contribution in [2.45, 2.75) is 13.1 Å². The summed E-state index contributed by atoms with van der Waals surface area (Å²) in [6.45, 7) is 0.288. The number of carbonyl (C=O) groups is 2. The first-order valence-corrected chi connectivity index (χ1v) is 10.2. The van der Waals surface area contributed by atoms with Crippen molar-refractivity contribution < 1.29 is 9.59 Å². The minimum absolute atomic E-state index is 0.0863. The Bertz CT molecular complexity index is 1240. The molecule has 0 atom stereocenters. The van der Waals surface area contributed by atoms with Gasteiger partial charge in [-0.25, -0.2) is 4.98 Å². The van der Waals surface area contributed by atoms with Crippen molar-refractivity contribution in [3.05, 3.63) is 95.3 Å². The van der Waals surface area contributed by atoms with E-state index in [4.69, 9.17) is 11.6 Å². The van der Waals surface area contributed by atoms with Crippen LogP contribution in [0.25, 0.3) is 11.0 Å². The summed E-state index contributed by atoms with van der Waals surface area (Å²) in [7, 11) is 1.75. The standard InChI is InChI=1S/C24H21ClN4O2/c1-28(19-10-3-2-4-11-19)23(30)16-29-21-13-6-5-12-20(21)27-22(29)15-26-24(31)17-8-7-9-18(25)14-17/h2-14H,15-16H2,1H3,(H,26,31). The lowest BCUT2D eigenvalue weighted by Crippen LogP contribution is -2.31. The number of amides is 2. The lowest BCUT2D eigenvalue weighted by molar-refractivity contribution is -0.118. The molecular weight excluding hydrogens is 412 g/mol. The van der Waals surface area contributed by atoms with Crippen LogP contribution in [0.3, 0.4) is 0 Å². The number of hydrogen-bond donors (Lipinski definition) is 1. The number of para-hydroxylation sites is 3. The molecule has 7 heteroatoms. The van der Waals surface area contributed by atoms with Crippen molar-refractivity contribution in [1.82, 2.24) is 14.9 Å². The van der Waals surface area contributed by atoms with Gasteiger partial charge in [0.1, 0.15) is 12.4 Å². The summed E-state index contributed by atoms with van der Waals surface area (Å²) in [6, 6.07) is 23.8. The van der Waals surface area contributed by atoms with Gasteiger partial charge in [-0.05, 0) is 42.5 Å². The number of carbonyl (C=O) groups excluding carboxylic acids is 2. The van der Waals surface area contributed by atoms with Crippen LogP contribution >= 0.6 is 11.6 Å². The van der Waals surface area contributed by atoms with Crippen LogP contribution in [0.5, 0.6) is 0 Å². The van der Waals surface area contributed by atoms with Gasteiger partial charge in [0.15, 0.2) is 0 Å². The molecule has 0 aliphatic rings. The third-order valence-corrected chi connectivity index (χ3v) is 5.27. The number of rotatable bonds is 6. The molecule has 0 bridgehead atoms. The molecule has 0 spiro atoms. The number of hydrogen-bond acceptors (Lipinski definition) is 3. The number of nitrogens with one attached hydrogen (secondary N) is 1. The summed E-state index contributed by atoms with van der Waals surface area (Å²) < 4.78 is 1.84. The average molecular weight is 433 g/mol. The molecular formula is C24H21ClN4O2. The lowest BCUT2D eigenvalue weighted by Gasteiger charge is -2.19.